The van der Waals surface area contributed by atoms with Crippen molar-refractivity contribution < 1.29 is 8.81 Å². The fourth-order valence-corrected chi connectivity index (χ4v) is 3.77. The van der Waals surface area contributed by atoms with Crippen molar-refractivity contribution in [3.05, 3.63) is 117 Å². The number of nitrogens with zero attached hydrogens (tertiary/aromatic N) is 2. The third-order valence-electron chi connectivity index (χ3n) is 5.11. The van der Waals surface area contributed by atoms with E-state index in [9.17, 15) is 9.18 Å². The molecule has 0 fully saturated rings. The van der Waals surface area contributed by atoms with Crippen molar-refractivity contribution in [1.82, 2.24) is 9.97 Å². The smallest absolute Gasteiger partial charge is 0.345 e. The maximum absolute atomic E-state index is 13.3. The minimum absolute atomic E-state index is 0.298. The lowest BCUT2D eigenvalue weighted by atomic mass is 10.1. The molecular formula is C26H16BrFN2O2. The molecule has 0 spiro atoms. The van der Waals surface area contributed by atoms with E-state index in [1.54, 1.807) is 30.3 Å². The molecule has 0 radical (unpaired) electrons. The molecule has 2 heterocycles. The highest BCUT2D eigenvalue weighted by Gasteiger charge is 2.14. The Morgan fingerprint density at radius 2 is 1.56 bits per heavy atom. The van der Waals surface area contributed by atoms with Crippen LogP contribution in [0.1, 0.15) is 11.4 Å². The molecule has 0 atom stereocenters. The summed E-state index contributed by atoms with van der Waals surface area (Å²) in [6, 6.07) is 24.9. The van der Waals surface area contributed by atoms with Crippen molar-refractivity contribution in [1.29, 1.82) is 0 Å². The van der Waals surface area contributed by atoms with E-state index in [4.69, 9.17) is 9.40 Å². The van der Waals surface area contributed by atoms with Crippen LogP contribution >= 0.6 is 15.9 Å². The summed E-state index contributed by atoms with van der Waals surface area (Å²) in [6.45, 7) is 0. The number of hydrogen-bond donors (Lipinski definition) is 0. The van der Waals surface area contributed by atoms with Crippen LogP contribution in [0.5, 0.6) is 0 Å². The molecule has 4 nitrogen and oxygen atoms in total. The van der Waals surface area contributed by atoms with Gasteiger partial charge in [-0.25, -0.2) is 19.2 Å². The Morgan fingerprint density at radius 1 is 0.844 bits per heavy atom. The first-order chi connectivity index (χ1) is 15.5. The molecule has 0 aliphatic rings. The van der Waals surface area contributed by atoms with Crippen molar-refractivity contribution in [3.8, 4) is 22.5 Å². The lowest BCUT2D eigenvalue weighted by Crippen LogP contribution is -2.07. The van der Waals surface area contributed by atoms with Gasteiger partial charge in [-0.3, -0.25) is 0 Å². The Bertz CT molecular complexity index is 1480. The van der Waals surface area contributed by atoms with Gasteiger partial charge in [-0.05, 0) is 48.0 Å². The third-order valence-corrected chi connectivity index (χ3v) is 5.63. The maximum Gasteiger partial charge on any atom is 0.345 e. The molecule has 0 bridgehead atoms. The molecular weight excluding hydrogens is 471 g/mol. The second-order valence-electron chi connectivity index (χ2n) is 7.35. The minimum atomic E-state index is -0.461. The van der Waals surface area contributed by atoms with E-state index in [1.165, 1.54) is 12.1 Å². The summed E-state index contributed by atoms with van der Waals surface area (Å²) in [5, 5.41) is 0.811. The van der Waals surface area contributed by atoms with E-state index in [-0.39, 0.29) is 5.82 Å². The monoisotopic (exact) mass is 486 g/mol. The zero-order chi connectivity index (χ0) is 22.1. The van der Waals surface area contributed by atoms with E-state index in [0.717, 1.165) is 21.0 Å². The number of rotatable bonds is 4. The molecule has 32 heavy (non-hydrogen) atoms. The molecule has 0 saturated carbocycles. The highest BCUT2D eigenvalue weighted by molar-refractivity contribution is 9.10. The molecule has 156 valence electrons. The summed E-state index contributed by atoms with van der Waals surface area (Å²) in [6.07, 6.45) is 0.399. The Kier molecular flexibility index (Phi) is 5.37. The van der Waals surface area contributed by atoms with Gasteiger partial charge in [0.25, 0.3) is 0 Å². The summed E-state index contributed by atoms with van der Waals surface area (Å²) < 4.78 is 19.8. The van der Waals surface area contributed by atoms with Gasteiger partial charge >= 0.3 is 5.63 Å². The number of fused-ring (bicyclic) bond motifs is 1. The van der Waals surface area contributed by atoms with Crippen LogP contribution < -0.4 is 5.63 Å². The van der Waals surface area contributed by atoms with Gasteiger partial charge in [-0.15, -0.1) is 0 Å². The first-order valence-corrected chi connectivity index (χ1v) is 10.8. The van der Waals surface area contributed by atoms with Gasteiger partial charge in [0.1, 0.15) is 17.2 Å². The molecule has 0 aliphatic carbocycles. The molecule has 0 aliphatic heterocycles. The zero-order valence-electron chi connectivity index (χ0n) is 16.8. The lowest BCUT2D eigenvalue weighted by molar-refractivity contribution is 0.563. The van der Waals surface area contributed by atoms with Crippen LogP contribution in [0.15, 0.2) is 98.6 Å². The van der Waals surface area contributed by atoms with Crippen molar-refractivity contribution in [3.63, 3.8) is 0 Å². The van der Waals surface area contributed by atoms with E-state index in [1.807, 2.05) is 42.5 Å². The second-order valence-corrected chi connectivity index (χ2v) is 8.27. The van der Waals surface area contributed by atoms with Gasteiger partial charge < -0.3 is 4.42 Å². The van der Waals surface area contributed by atoms with E-state index >= 15 is 0 Å². The Balaban J connectivity index is 1.66. The van der Waals surface area contributed by atoms with Crippen molar-refractivity contribution in [2.24, 2.45) is 0 Å². The van der Waals surface area contributed by atoms with E-state index < -0.39 is 5.63 Å². The van der Waals surface area contributed by atoms with Gasteiger partial charge in [0.15, 0.2) is 0 Å². The molecule has 0 amide bonds. The van der Waals surface area contributed by atoms with Crippen LogP contribution in [0.2, 0.25) is 0 Å². The van der Waals surface area contributed by atoms with Crippen LogP contribution in [-0.4, -0.2) is 9.97 Å². The van der Waals surface area contributed by atoms with E-state index in [0.29, 0.717) is 34.8 Å². The third kappa shape index (κ3) is 4.22. The molecule has 0 N–H and O–H groups in total. The van der Waals surface area contributed by atoms with Gasteiger partial charge in [-0.2, -0.15) is 0 Å². The van der Waals surface area contributed by atoms with Crippen LogP contribution in [0.25, 0.3) is 33.5 Å². The van der Waals surface area contributed by atoms with Crippen LogP contribution in [0, 0.1) is 5.82 Å². The average molecular weight is 487 g/mol. The maximum atomic E-state index is 13.3. The normalized spacial score (nSPS) is 11.1. The summed E-state index contributed by atoms with van der Waals surface area (Å²) in [4.78, 5) is 22.1. The van der Waals surface area contributed by atoms with Crippen LogP contribution in [0.3, 0.4) is 0 Å². The summed E-state index contributed by atoms with van der Waals surface area (Å²) in [5.41, 5.74) is 3.36. The quantitative estimate of drug-likeness (QED) is 0.275. The number of aromatic nitrogens is 2. The highest BCUT2D eigenvalue weighted by Crippen LogP contribution is 2.26. The van der Waals surface area contributed by atoms with Crippen LogP contribution in [0.4, 0.5) is 4.39 Å². The second kappa shape index (κ2) is 8.48. The first kappa shape index (κ1) is 20.3. The van der Waals surface area contributed by atoms with E-state index in [2.05, 4.69) is 20.9 Å². The van der Waals surface area contributed by atoms with Gasteiger partial charge in [0.2, 0.25) is 0 Å². The Hall–Kier alpha value is -3.64. The van der Waals surface area contributed by atoms with Gasteiger partial charge in [-0.1, -0.05) is 58.4 Å². The topological polar surface area (TPSA) is 56.0 Å². The predicted molar refractivity (Wildman–Crippen MR) is 126 cm³/mol. The molecule has 5 aromatic rings. The molecule has 0 unspecified atom stereocenters. The SMILES string of the molecule is O=c1oc2ccccc2cc1-c1cc(-c2ccc(Br)cc2)nc(Cc2ccc(F)cc2)n1. The lowest BCUT2D eigenvalue weighted by Gasteiger charge is -2.09. The molecule has 5 rings (SSSR count). The fourth-order valence-electron chi connectivity index (χ4n) is 3.51. The minimum Gasteiger partial charge on any atom is -0.422 e. The fraction of sp³-hybridized carbons (Fsp3) is 0.0385. The molecule has 2 aromatic heterocycles. The molecule has 6 heteroatoms. The summed E-state index contributed by atoms with van der Waals surface area (Å²) >= 11 is 3.45. The Labute approximate surface area is 191 Å². The average Bonchev–Trinajstić information content (AvgIpc) is 2.80. The van der Waals surface area contributed by atoms with Crippen molar-refractivity contribution >= 4 is 26.9 Å². The number of hydrogen-bond acceptors (Lipinski definition) is 4. The first-order valence-electron chi connectivity index (χ1n) is 9.97. The Morgan fingerprint density at radius 3 is 2.34 bits per heavy atom. The zero-order valence-corrected chi connectivity index (χ0v) is 18.3. The number of benzene rings is 3. The standard InChI is InChI=1S/C26H16BrFN2O2/c27-19-9-7-17(8-10-19)22-15-23(21-14-18-3-1-2-4-24(18)32-26(21)31)30-25(29-22)13-16-5-11-20(28)12-6-16/h1-12,14-15H,13H2. The van der Waals surface area contributed by atoms with Crippen molar-refractivity contribution in [2.75, 3.05) is 0 Å². The van der Waals surface area contributed by atoms with Crippen LogP contribution in [-0.2, 0) is 6.42 Å². The predicted octanol–water partition coefficient (Wildman–Crippen LogP) is 6.41. The molecule has 3 aromatic carbocycles. The largest absolute Gasteiger partial charge is 0.422 e. The van der Waals surface area contributed by atoms with Crippen molar-refractivity contribution in [2.45, 2.75) is 6.42 Å². The molecule has 0 saturated heterocycles. The van der Waals surface area contributed by atoms with Gasteiger partial charge in [0, 0.05) is 21.8 Å². The van der Waals surface area contributed by atoms with Gasteiger partial charge in [0.05, 0.1) is 17.0 Å². The summed E-state index contributed by atoms with van der Waals surface area (Å²) in [5.74, 6) is 0.229. The number of para-hydroxylation sites is 1. The number of halogens is 2. The summed E-state index contributed by atoms with van der Waals surface area (Å²) in [7, 11) is 0. The highest BCUT2D eigenvalue weighted by atomic mass is 79.9.